The fourth-order valence-corrected chi connectivity index (χ4v) is 2.57. The van der Waals surface area contributed by atoms with Gasteiger partial charge in [-0.1, -0.05) is 0 Å². The fourth-order valence-electron chi connectivity index (χ4n) is 2.57. The molecule has 17 heavy (non-hydrogen) atoms. The number of ether oxygens (including phenoxy) is 2. The Labute approximate surface area is 226 Å². The van der Waals surface area contributed by atoms with E-state index < -0.39 is 5.79 Å². The van der Waals surface area contributed by atoms with Crippen molar-refractivity contribution >= 4 is 0 Å². The molecule has 2 unspecified atom stereocenters. The van der Waals surface area contributed by atoms with E-state index in [1.807, 2.05) is 0 Å². The number of hydrogen-bond donors (Lipinski definition) is 2. The Bertz CT molecular complexity index is 194. The van der Waals surface area contributed by atoms with E-state index in [0.717, 1.165) is 38.5 Å². The van der Waals surface area contributed by atoms with Crippen LogP contribution in [0.1, 0.15) is 38.5 Å². The monoisotopic (exact) mass is 660 g/mol. The SMILES string of the molecule is OCC1CCCC2(CCC[C@H](CO)O2)O1.[Rn].[Rn]. The van der Waals surface area contributed by atoms with E-state index in [2.05, 4.69) is 0 Å². The quantitative estimate of drug-likeness (QED) is 0.461. The summed E-state index contributed by atoms with van der Waals surface area (Å²) in [5, 5.41) is 18.2. The van der Waals surface area contributed by atoms with Crippen molar-refractivity contribution in [2.45, 2.75) is 56.5 Å². The van der Waals surface area contributed by atoms with Gasteiger partial charge in [0.15, 0.2) is 5.79 Å². The van der Waals surface area contributed by atoms with Gasteiger partial charge in [0.05, 0.1) is 25.4 Å². The molecule has 0 aromatic carbocycles. The summed E-state index contributed by atoms with van der Waals surface area (Å²) in [5.74, 6) is -0.517. The van der Waals surface area contributed by atoms with Gasteiger partial charge in [-0.3, -0.25) is 0 Å². The minimum atomic E-state index is -0.517. The van der Waals surface area contributed by atoms with Crippen molar-refractivity contribution in [1.82, 2.24) is 0 Å². The Hall–Kier alpha value is 4.07. The van der Waals surface area contributed by atoms with E-state index in [1.54, 1.807) is 0 Å². The number of rotatable bonds is 2. The molecule has 0 aliphatic carbocycles. The largest absolute Gasteiger partial charge is 0.394 e. The van der Waals surface area contributed by atoms with Crippen LogP contribution in [-0.4, -0.2) is 41.4 Å². The zero-order valence-electron chi connectivity index (χ0n) is 9.73. The minimum absolute atomic E-state index is 0. The Morgan fingerprint density at radius 1 is 0.882 bits per heavy atom. The van der Waals surface area contributed by atoms with Crippen LogP contribution >= 0.6 is 0 Å². The van der Waals surface area contributed by atoms with Crippen LogP contribution in [0.3, 0.4) is 0 Å². The van der Waals surface area contributed by atoms with E-state index in [1.165, 1.54) is 0 Å². The fraction of sp³-hybridized carbons (Fsp3) is 1.00. The Morgan fingerprint density at radius 2 is 1.29 bits per heavy atom. The molecule has 0 aromatic rings. The number of aliphatic hydroxyl groups excluding tert-OH is 2. The van der Waals surface area contributed by atoms with Gasteiger partial charge in [-0.15, -0.1) is 0 Å². The van der Waals surface area contributed by atoms with Crippen molar-refractivity contribution in [2.75, 3.05) is 13.2 Å². The molecule has 0 saturated carbocycles. The summed E-state index contributed by atoms with van der Waals surface area (Å²) < 4.78 is 11.6. The van der Waals surface area contributed by atoms with Crippen LogP contribution in [0.5, 0.6) is 0 Å². The predicted octanol–water partition coefficient (Wildman–Crippen LogP) is 0.805. The Balaban J connectivity index is 0.00000128. The zero-order valence-corrected chi connectivity index (χ0v) is 15.2. The van der Waals surface area contributed by atoms with Crippen molar-refractivity contribution in [3.63, 3.8) is 0 Å². The third-order valence-corrected chi connectivity index (χ3v) is 3.34. The van der Waals surface area contributed by atoms with Crippen LogP contribution in [-0.2, 0) is 9.47 Å². The summed E-state index contributed by atoms with van der Waals surface area (Å²) in [6.45, 7) is 0.129. The molecule has 4 nitrogen and oxygen atoms in total. The Kier molecular flexibility index (Phi) is 13.3. The first-order valence-electron chi connectivity index (χ1n) is 5.85. The normalized spacial score (nSPS) is 37.1. The molecular formula is C11H20O4Rn2. The van der Waals surface area contributed by atoms with E-state index in [9.17, 15) is 0 Å². The van der Waals surface area contributed by atoms with E-state index >= 15 is 0 Å². The third-order valence-electron chi connectivity index (χ3n) is 3.34. The van der Waals surface area contributed by atoms with E-state index in [4.69, 9.17) is 19.7 Å². The standard InChI is InChI=1S/C11H20O4.2Rn/c12-7-9-3-1-5-11(14-9)6-2-4-10(8-13)15-11;;/h9-10,12-13H,1-8H2;;/t9-,10?,11?;;/m1../s1. The maximum absolute atomic E-state index is 9.10. The second kappa shape index (κ2) is 10.7. The molecule has 2 saturated heterocycles. The van der Waals surface area contributed by atoms with Gasteiger partial charge in [-0.05, 0) is 25.7 Å². The van der Waals surface area contributed by atoms with Gasteiger partial charge >= 0.3 is 0 Å². The molecule has 2 aliphatic heterocycles. The molecule has 0 amide bonds. The van der Waals surface area contributed by atoms with E-state index in [-0.39, 0.29) is 169 Å². The molecular weight excluding hydrogens is 640 g/mol. The summed E-state index contributed by atoms with van der Waals surface area (Å²) in [4.78, 5) is 0. The second-order valence-corrected chi connectivity index (χ2v) is 4.54. The molecule has 3 atom stereocenters. The number of aliphatic hydroxyl groups is 2. The molecule has 104 valence electrons. The first-order chi connectivity index (χ1) is 7.28. The average Bonchev–Trinajstić information content (AvgIpc) is 2.29. The van der Waals surface area contributed by atoms with Gasteiger partial charge in [0, 0.05) is 157 Å². The molecule has 2 heterocycles. The van der Waals surface area contributed by atoms with Crippen molar-refractivity contribution in [3.8, 4) is 0 Å². The molecule has 0 radical (unpaired) electrons. The van der Waals surface area contributed by atoms with Crippen molar-refractivity contribution in [2.24, 2.45) is 0 Å². The van der Waals surface area contributed by atoms with Crippen LogP contribution in [0.2, 0.25) is 0 Å². The van der Waals surface area contributed by atoms with Crippen LogP contribution < -0.4 is 0 Å². The van der Waals surface area contributed by atoms with Crippen LogP contribution in [0.25, 0.3) is 0 Å². The number of hydrogen-bond acceptors (Lipinski definition) is 4. The molecule has 2 aliphatic rings. The maximum Gasteiger partial charge on any atom is 0.169 e. The zero-order chi connectivity index (χ0) is 10.7. The van der Waals surface area contributed by atoms with Crippen molar-refractivity contribution < 1.29 is 163 Å². The molecule has 0 aromatic heterocycles. The van der Waals surface area contributed by atoms with Crippen LogP contribution in [0, 0.1) is 144 Å². The average molecular weight is 660 g/mol. The molecule has 6 heteroatoms. The van der Waals surface area contributed by atoms with Gasteiger partial charge < -0.3 is 19.7 Å². The summed E-state index contributed by atoms with van der Waals surface area (Å²) >= 11 is 0. The first kappa shape index (κ1) is 21.1. The van der Waals surface area contributed by atoms with Crippen molar-refractivity contribution in [3.05, 3.63) is 0 Å². The summed E-state index contributed by atoms with van der Waals surface area (Å²) in [6.07, 6.45) is 5.48. The molecule has 1 spiro atoms. The van der Waals surface area contributed by atoms with Gasteiger partial charge in [-0.25, -0.2) is 0 Å². The first-order valence-corrected chi connectivity index (χ1v) is 5.85. The maximum atomic E-state index is 9.10. The third kappa shape index (κ3) is 6.37. The molecule has 2 rings (SSSR count). The van der Waals surface area contributed by atoms with E-state index in [0.29, 0.717) is 0 Å². The molecule has 2 N–H and O–H groups in total. The second-order valence-electron chi connectivity index (χ2n) is 4.54. The summed E-state index contributed by atoms with van der Waals surface area (Å²) in [5.41, 5.74) is 0. The topological polar surface area (TPSA) is 58.9 Å². The van der Waals surface area contributed by atoms with Crippen LogP contribution in [0.4, 0.5) is 0 Å². The van der Waals surface area contributed by atoms with Gasteiger partial charge in [0.1, 0.15) is 0 Å². The van der Waals surface area contributed by atoms with Gasteiger partial charge in [0.25, 0.3) is 0 Å². The Morgan fingerprint density at radius 3 is 1.65 bits per heavy atom. The predicted molar refractivity (Wildman–Crippen MR) is 54.4 cm³/mol. The van der Waals surface area contributed by atoms with Crippen molar-refractivity contribution in [1.29, 1.82) is 0 Å². The molecule has 0 bridgehead atoms. The van der Waals surface area contributed by atoms with Gasteiger partial charge in [0.2, 0.25) is 0 Å². The minimum Gasteiger partial charge on any atom is -0.394 e. The van der Waals surface area contributed by atoms with Gasteiger partial charge in [-0.2, -0.15) is 0 Å². The summed E-state index contributed by atoms with van der Waals surface area (Å²) in [6, 6.07) is 0. The van der Waals surface area contributed by atoms with Crippen LogP contribution in [0.15, 0.2) is 0 Å². The molecule has 2 fully saturated rings. The smallest absolute Gasteiger partial charge is 0.169 e. The summed E-state index contributed by atoms with van der Waals surface area (Å²) in [7, 11) is 0.